The maximum Gasteiger partial charge on any atom is 0.350 e. The summed E-state index contributed by atoms with van der Waals surface area (Å²) < 4.78 is 4.95. The number of amides is 1. The fraction of sp³-hybridized carbons (Fsp3) is 0.348. The Kier molecular flexibility index (Phi) is 6.84. The number of methoxy groups -OCH3 is 1. The minimum atomic E-state index is -0.487. The number of anilines is 1. The first-order valence-corrected chi connectivity index (χ1v) is 10.8. The van der Waals surface area contributed by atoms with Gasteiger partial charge in [0.1, 0.15) is 9.71 Å². The molecule has 2 aromatic heterocycles. The Balaban J connectivity index is 2.02. The van der Waals surface area contributed by atoms with Crippen molar-refractivity contribution in [3.8, 4) is 0 Å². The van der Waals surface area contributed by atoms with Crippen LogP contribution in [0, 0.1) is 13.8 Å². The van der Waals surface area contributed by atoms with E-state index >= 15 is 0 Å². The van der Waals surface area contributed by atoms with Gasteiger partial charge in [-0.05, 0) is 56.3 Å². The molecule has 0 unspecified atom stereocenters. The van der Waals surface area contributed by atoms with Crippen molar-refractivity contribution in [1.82, 2.24) is 9.88 Å². The molecule has 30 heavy (non-hydrogen) atoms. The zero-order chi connectivity index (χ0) is 21.8. The van der Waals surface area contributed by atoms with E-state index in [0.717, 1.165) is 41.8 Å². The second-order valence-corrected chi connectivity index (χ2v) is 8.12. The molecule has 0 aliphatic rings. The molecule has 158 valence electrons. The quantitative estimate of drug-likeness (QED) is 0.551. The van der Waals surface area contributed by atoms with Gasteiger partial charge >= 0.3 is 5.97 Å². The Morgan fingerprint density at radius 3 is 2.53 bits per heavy atom. The second-order valence-electron chi connectivity index (χ2n) is 7.12. The van der Waals surface area contributed by atoms with Crippen LogP contribution in [0.3, 0.4) is 0 Å². The number of rotatable bonds is 7. The van der Waals surface area contributed by atoms with Crippen LogP contribution in [0.5, 0.6) is 0 Å². The van der Waals surface area contributed by atoms with E-state index in [1.165, 1.54) is 18.4 Å². The van der Waals surface area contributed by atoms with Gasteiger partial charge in [0, 0.05) is 17.5 Å². The Morgan fingerprint density at radius 1 is 1.13 bits per heavy atom. The first-order valence-electron chi connectivity index (χ1n) is 10.00. The number of benzene rings is 1. The maximum atomic E-state index is 13.0. The number of carbonyl (C=O) groups excluding carboxylic acids is 2. The van der Waals surface area contributed by atoms with Gasteiger partial charge in [0.15, 0.2) is 0 Å². The first-order chi connectivity index (χ1) is 14.4. The molecule has 1 N–H and O–H groups in total. The van der Waals surface area contributed by atoms with E-state index in [2.05, 4.69) is 24.1 Å². The minimum Gasteiger partial charge on any atom is -0.465 e. The van der Waals surface area contributed by atoms with Crippen LogP contribution in [0.1, 0.15) is 50.7 Å². The van der Waals surface area contributed by atoms with Gasteiger partial charge in [-0.15, -0.1) is 11.3 Å². The number of esters is 1. The Labute approximate surface area is 180 Å². The number of carbonyl (C=O) groups is 2. The number of hydrogen-bond donors (Lipinski definition) is 1. The van der Waals surface area contributed by atoms with Crippen molar-refractivity contribution in [1.29, 1.82) is 0 Å². The number of aryl methyl sites for hydroxylation is 1. The molecule has 2 heterocycles. The molecule has 1 aromatic carbocycles. The van der Waals surface area contributed by atoms with Gasteiger partial charge in [0.05, 0.1) is 18.5 Å². The Hall–Kier alpha value is -2.77. The average Bonchev–Trinajstić information content (AvgIpc) is 3.10. The highest BCUT2D eigenvalue weighted by atomic mass is 32.1. The molecule has 0 fully saturated rings. The third-order valence-corrected chi connectivity index (χ3v) is 6.43. The largest absolute Gasteiger partial charge is 0.465 e. The number of pyridine rings is 1. The van der Waals surface area contributed by atoms with Crippen LogP contribution in [-0.4, -0.2) is 42.0 Å². The molecule has 0 spiro atoms. The summed E-state index contributed by atoms with van der Waals surface area (Å²) >= 11 is 1.24. The zero-order valence-electron chi connectivity index (χ0n) is 18.0. The molecular formula is C23H27N3O3S. The molecule has 0 bridgehead atoms. The molecule has 6 nitrogen and oxygen atoms in total. The van der Waals surface area contributed by atoms with Gasteiger partial charge in [0.2, 0.25) is 0 Å². The van der Waals surface area contributed by atoms with E-state index in [0.29, 0.717) is 21.0 Å². The lowest BCUT2D eigenvalue weighted by Crippen LogP contribution is -2.22. The van der Waals surface area contributed by atoms with E-state index in [-0.39, 0.29) is 5.91 Å². The van der Waals surface area contributed by atoms with E-state index < -0.39 is 5.97 Å². The smallest absolute Gasteiger partial charge is 0.350 e. The number of nitrogens with one attached hydrogen (secondary N) is 1. The molecule has 3 rings (SSSR count). The predicted molar refractivity (Wildman–Crippen MR) is 121 cm³/mol. The minimum absolute atomic E-state index is 0.256. The molecule has 3 aromatic rings. The van der Waals surface area contributed by atoms with Crippen molar-refractivity contribution in [2.24, 2.45) is 0 Å². The lowest BCUT2D eigenvalue weighted by atomic mass is 10.0. The van der Waals surface area contributed by atoms with E-state index in [9.17, 15) is 9.59 Å². The predicted octanol–water partition coefficient (Wildman–Crippen LogP) is 4.79. The van der Waals surface area contributed by atoms with Crippen LogP contribution in [0.4, 0.5) is 5.69 Å². The van der Waals surface area contributed by atoms with Crippen molar-refractivity contribution in [2.45, 2.75) is 34.2 Å². The number of ether oxygens (including phenoxy) is 1. The second kappa shape index (κ2) is 9.36. The van der Waals surface area contributed by atoms with E-state index in [4.69, 9.17) is 9.72 Å². The number of fused-ring (bicyclic) bond motifs is 1. The molecule has 0 aliphatic heterocycles. The third kappa shape index (κ3) is 4.37. The number of hydrogen-bond acceptors (Lipinski definition) is 6. The standard InChI is InChI=1S/C23H27N3O3S/c1-6-26(7-2)13-16-11-12-18-19(20(23(28)29-5)30-22(18)24-16)25-21(27)17-10-8-9-14(3)15(17)4/h8-12H,6-7,13H2,1-5H3,(H,25,27). The van der Waals surface area contributed by atoms with Crippen LogP contribution < -0.4 is 5.32 Å². The fourth-order valence-electron chi connectivity index (χ4n) is 3.32. The molecule has 0 atom stereocenters. The summed E-state index contributed by atoms with van der Waals surface area (Å²) in [6, 6.07) is 9.47. The third-order valence-electron chi connectivity index (χ3n) is 5.35. The molecule has 0 saturated carbocycles. The van der Waals surface area contributed by atoms with Gasteiger partial charge < -0.3 is 10.1 Å². The normalized spacial score (nSPS) is 11.1. The van der Waals surface area contributed by atoms with Crippen molar-refractivity contribution in [2.75, 3.05) is 25.5 Å². The number of thiophene rings is 1. The van der Waals surface area contributed by atoms with Gasteiger partial charge in [-0.1, -0.05) is 26.0 Å². The first kappa shape index (κ1) is 21.9. The van der Waals surface area contributed by atoms with E-state index in [1.807, 2.05) is 38.1 Å². The highest BCUT2D eigenvalue weighted by Crippen LogP contribution is 2.36. The van der Waals surface area contributed by atoms with Crippen molar-refractivity contribution in [3.05, 3.63) is 57.6 Å². The molecule has 0 aliphatic carbocycles. The molecule has 1 amide bonds. The van der Waals surface area contributed by atoms with Crippen LogP contribution in [0.25, 0.3) is 10.2 Å². The highest BCUT2D eigenvalue weighted by molar-refractivity contribution is 7.21. The summed E-state index contributed by atoms with van der Waals surface area (Å²) in [7, 11) is 1.34. The lowest BCUT2D eigenvalue weighted by molar-refractivity contribution is 0.0607. The van der Waals surface area contributed by atoms with Crippen molar-refractivity contribution < 1.29 is 14.3 Å². The topological polar surface area (TPSA) is 71.5 Å². The monoisotopic (exact) mass is 425 g/mol. The Bertz CT molecular complexity index is 1090. The number of aromatic nitrogens is 1. The molecule has 0 saturated heterocycles. The summed E-state index contributed by atoms with van der Waals surface area (Å²) in [5, 5.41) is 3.67. The molecule has 0 radical (unpaired) electrons. The summed E-state index contributed by atoms with van der Waals surface area (Å²) in [6.07, 6.45) is 0. The van der Waals surface area contributed by atoms with Gasteiger partial charge in [-0.3, -0.25) is 9.69 Å². The Morgan fingerprint density at radius 2 is 1.87 bits per heavy atom. The van der Waals surface area contributed by atoms with E-state index in [1.54, 1.807) is 6.07 Å². The van der Waals surface area contributed by atoms with Crippen LogP contribution in [-0.2, 0) is 11.3 Å². The highest BCUT2D eigenvalue weighted by Gasteiger charge is 2.23. The average molecular weight is 426 g/mol. The van der Waals surface area contributed by atoms with Crippen molar-refractivity contribution >= 4 is 39.1 Å². The summed E-state index contributed by atoms with van der Waals surface area (Å²) in [5.74, 6) is -0.743. The zero-order valence-corrected chi connectivity index (χ0v) is 18.9. The SMILES string of the molecule is CCN(CC)Cc1ccc2c(NC(=O)c3cccc(C)c3C)c(C(=O)OC)sc2n1. The van der Waals surface area contributed by atoms with Gasteiger partial charge in [-0.25, -0.2) is 9.78 Å². The summed E-state index contributed by atoms with van der Waals surface area (Å²) in [4.78, 5) is 33.5. The van der Waals surface area contributed by atoms with Crippen LogP contribution >= 0.6 is 11.3 Å². The number of nitrogens with zero attached hydrogens (tertiary/aromatic N) is 2. The summed E-state index contributed by atoms with van der Waals surface area (Å²) in [5.41, 5.74) is 3.91. The van der Waals surface area contributed by atoms with Crippen molar-refractivity contribution in [3.63, 3.8) is 0 Å². The fourth-order valence-corrected chi connectivity index (χ4v) is 4.39. The van der Waals surface area contributed by atoms with Gasteiger partial charge in [0.25, 0.3) is 5.91 Å². The summed E-state index contributed by atoms with van der Waals surface area (Å²) in [6.45, 7) is 10.7. The van der Waals surface area contributed by atoms with Crippen LogP contribution in [0.15, 0.2) is 30.3 Å². The van der Waals surface area contributed by atoms with Crippen LogP contribution in [0.2, 0.25) is 0 Å². The molecular weight excluding hydrogens is 398 g/mol. The van der Waals surface area contributed by atoms with Gasteiger partial charge in [-0.2, -0.15) is 0 Å². The lowest BCUT2D eigenvalue weighted by Gasteiger charge is -2.17. The molecule has 7 heteroatoms. The maximum absolute atomic E-state index is 13.0.